The van der Waals surface area contributed by atoms with Crippen molar-refractivity contribution >= 4 is 17.5 Å². The highest BCUT2D eigenvalue weighted by molar-refractivity contribution is 6.04. The van der Waals surface area contributed by atoms with Crippen LogP contribution in [0.2, 0.25) is 0 Å². The fourth-order valence-electron chi connectivity index (χ4n) is 2.93. The van der Waals surface area contributed by atoms with Crippen LogP contribution in [0.15, 0.2) is 30.6 Å². The Morgan fingerprint density at radius 3 is 2.20 bits per heavy atom. The van der Waals surface area contributed by atoms with Gasteiger partial charge in [-0.3, -0.25) is 4.79 Å². The molecule has 0 aliphatic heterocycles. The maximum absolute atomic E-state index is 13.6. The lowest BCUT2D eigenvalue weighted by Gasteiger charge is -2.16. The summed E-state index contributed by atoms with van der Waals surface area (Å²) in [5.74, 6) is -1.87. The van der Waals surface area contributed by atoms with Gasteiger partial charge in [0, 0.05) is 18.4 Å². The highest BCUT2D eigenvalue weighted by atomic mass is 19.1. The molecule has 0 atom stereocenters. The Hall–Kier alpha value is -2.57. The number of para-hydroxylation sites is 1. The van der Waals surface area contributed by atoms with Crippen LogP contribution in [0.3, 0.4) is 0 Å². The van der Waals surface area contributed by atoms with Gasteiger partial charge in [-0.2, -0.15) is 0 Å². The van der Waals surface area contributed by atoms with Crippen molar-refractivity contribution in [1.82, 2.24) is 9.97 Å². The molecule has 0 saturated heterocycles. The Morgan fingerprint density at radius 2 is 1.60 bits per heavy atom. The maximum atomic E-state index is 13.6. The first-order valence-corrected chi connectivity index (χ1v) is 8.47. The molecule has 1 fully saturated rings. The van der Waals surface area contributed by atoms with Crippen LogP contribution in [0.4, 0.5) is 20.4 Å². The third kappa shape index (κ3) is 4.49. The second-order valence-electron chi connectivity index (χ2n) is 6.18. The molecule has 1 amide bonds. The van der Waals surface area contributed by atoms with Crippen molar-refractivity contribution in [2.75, 3.05) is 10.6 Å². The van der Waals surface area contributed by atoms with Crippen LogP contribution in [0.1, 0.15) is 48.9 Å². The van der Waals surface area contributed by atoms with E-state index in [0.29, 0.717) is 12.0 Å². The van der Waals surface area contributed by atoms with Gasteiger partial charge in [0.15, 0.2) is 0 Å². The van der Waals surface area contributed by atoms with E-state index in [2.05, 4.69) is 20.6 Å². The zero-order valence-corrected chi connectivity index (χ0v) is 13.8. The molecule has 5 nitrogen and oxygen atoms in total. The number of amides is 1. The van der Waals surface area contributed by atoms with Crippen molar-refractivity contribution in [3.8, 4) is 0 Å². The van der Waals surface area contributed by atoms with E-state index >= 15 is 0 Å². The Labute approximate surface area is 144 Å². The zero-order valence-electron chi connectivity index (χ0n) is 13.8. The smallest absolute Gasteiger partial charge is 0.258 e. The number of halogens is 2. The van der Waals surface area contributed by atoms with Crippen molar-refractivity contribution in [3.63, 3.8) is 0 Å². The minimum absolute atomic E-state index is 0.133. The van der Waals surface area contributed by atoms with Crippen molar-refractivity contribution in [2.45, 2.75) is 44.6 Å². The molecule has 0 unspecified atom stereocenters. The number of aromatic nitrogens is 2. The molecule has 1 heterocycles. The number of carbonyl (C=O) groups is 1. The normalized spacial score (nSPS) is 15.4. The summed E-state index contributed by atoms with van der Waals surface area (Å²) in [4.78, 5) is 20.4. The first kappa shape index (κ1) is 17.3. The number of nitrogens with one attached hydrogen (secondary N) is 2. The molecule has 0 spiro atoms. The highest BCUT2D eigenvalue weighted by Gasteiger charge is 2.16. The number of carbonyl (C=O) groups excluding carboxylic acids is 1. The van der Waals surface area contributed by atoms with E-state index in [0.717, 1.165) is 25.0 Å². The number of rotatable bonds is 4. The van der Waals surface area contributed by atoms with Crippen molar-refractivity contribution < 1.29 is 13.6 Å². The molecule has 1 aromatic heterocycles. The molecular formula is C18H20F2N4O. The molecule has 1 saturated carbocycles. The monoisotopic (exact) mass is 346 g/mol. The maximum Gasteiger partial charge on any atom is 0.258 e. The van der Waals surface area contributed by atoms with Gasteiger partial charge in [0.05, 0.1) is 5.56 Å². The molecule has 132 valence electrons. The van der Waals surface area contributed by atoms with Gasteiger partial charge in [-0.15, -0.1) is 0 Å². The molecule has 0 bridgehead atoms. The summed E-state index contributed by atoms with van der Waals surface area (Å²) >= 11 is 0. The second-order valence-corrected chi connectivity index (χ2v) is 6.18. The van der Waals surface area contributed by atoms with Crippen molar-refractivity contribution in [1.29, 1.82) is 0 Å². The SMILES string of the molecule is O=C(Nc1c(F)cccc1F)c1cnc(NC2CCCCCC2)nc1. The molecule has 1 aliphatic rings. The van der Waals surface area contributed by atoms with E-state index in [9.17, 15) is 13.6 Å². The van der Waals surface area contributed by atoms with Gasteiger partial charge in [-0.05, 0) is 25.0 Å². The lowest BCUT2D eigenvalue weighted by atomic mass is 10.1. The molecule has 1 aromatic carbocycles. The quantitative estimate of drug-likeness (QED) is 0.817. The number of nitrogens with zero attached hydrogens (tertiary/aromatic N) is 2. The molecule has 0 radical (unpaired) electrons. The Balaban J connectivity index is 1.64. The fourth-order valence-corrected chi connectivity index (χ4v) is 2.93. The highest BCUT2D eigenvalue weighted by Crippen LogP contribution is 2.20. The molecule has 25 heavy (non-hydrogen) atoms. The lowest BCUT2D eigenvalue weighted by Crippen LogP contribution is -2.20. The van der Waals surface area contributed by atoms with Crippen molar-refractivity contribution in [3.05, 3.63) is 47.8 Å². The van der Waals surface area contributed by atoms with Gasteiger partial charge in [0.25, 0.3) is 5.91 Å². The number of hydrogen-bond donors (Lipinski definition) is 2. The predicted molar refractivity (Wildman–Crippen MR) is 91.5 cm³/mol. The Morgan fingerprint density at radius 1 is 1.00 bits per heavy atom. The fraction of sp³-hybridized carbons (Fsp3) is 0.389. The van der Waals surface area contributed by atoms with E-state index in [1.165, 1.54) is 44.1 Å². The minimum Gasteiger partial charge on any atom is -0.351 e. The van der Waals surface area contributed by atoms with Gasteiger partial charge in [0.2, 0.25) is 5.95 Å². The standard InChI is InChI=1S/C18H20F2N4O/c19-14-8-5-9-15(20)16(14)24-17(25)12-10-21-18(22-11-12)23-13-6-3-1-2-4-7-13/h5,8-11,13H,1-4,6-7H2,(H,24,25)(H,21,22,23). The minimum atomic E-state index is -0.832. The largest absolute Gasteiger partial charge is 0.351 e. The summed E-state index contributed by atoms with van der Waals surface area (Å²) in [6.45, 7) is 0. The Kier molecular flexibility index (Phi) is 5.53. The average Bonchev–Trinajstić information content (AvgIpc) is 2.87. The molecule has 7 heteroatoms. The summed E-state index contributed by atoms with van der Waals surface area (Å²) in [5, 5.41) is 5.50. The molecule has 2 aromatic rings. The van der Waals surface area contributed by atoms with E-state index in [-0.39, 0.29) is 5.56 Å². The molecular weight excluding hydrogens is 326 g/mol. The first-order chi connectivity index (χ1) is 12.1. The first-order valence-electron chi connectivity index (χ1n) is 8.47. The molecule has 3 rings (SSSR count). The average molecular weight is 346 g/mol. The Bertz CT molecular complexity index is 708. The predicted octanol–water partition coefficient (Wildman–Crippen LogP) is 4.14. The topological polar surface area (TPSA) is 66.9 Å². The van der Waals surface area contributed by atoms with Crippen LogP contribution in [0, 0.1) is 11.6 Å². The summed E-state index contributed by atoms with van der Waals surface area (Å²) in [6.07, 6.45) is 9.74. The molecule has 2 N–H and O–H groups in total. The van der Waals surface area contributed by atoms with Gasteiger partial charge < -0.3 is 10.6 Å². The summed E-state index contributed by atoms with van der Waals surface area (Å²) < 4.78 is 27.2. The van der Waals surface area contributed by atoms with E-state index in [1.54, 1.807) is 0 Å². The number of hydrogen-bond acceptors (Lipinski definition) is 4. The van der Waals surface area contributed by atoms with E-state index in [4.69, 9.17) is 0 Å². The van der Waals surface area contributed by atoms with Crippen LogP contribution in [0.25, 0.3) is 0 Å². The summed E-state index contributed by atoms with van der Waals surface area (Å²) in [6, 6.07) is 3.73. The van der Waals surface area contributed by atoms with Crippen LogP contribution in [0.5, 0.6) is 0 Å². The van der Waals surface area contributed by atoms with Crippen LogP contribution in [-0.4, -0.2) is 21.9 Å². The van der Waals surface area contributed by atoms with Crippen LogP contribution in [-0.2, 0) is 0 Å². The van der Waals surface area contributed by atoms with Gasteiger partial charge in [-0.25, -0.2) is 18.7 Å². The van der Waals surface area contributed by atoms with Gasteiger partial charge in [-0.1, -0.05) is 31.7 Å². The van der Waals surface area contributed by atoms with E-state index in [1.807, 2.05) is 0 Å². The third-order valence-corrected chi connectivity index (χ3v) is 4.30. The van der Waals surface area contributed by atoms with Crippen LogP contribution >= 0.6 is 0 Å². The zero-order chi connectivity index (χ0) is 17.6. The number of benzene rings is 1. The lowest BCUT2D eigenvalue weighted by molar-refractivity contribution is 0.102. The summed E-state index contributed by atoms with van der Waals surface area (Å²) in [5.41, 5.74) is -0.345. The number of anilines is 2. The third-order valence-electron chi connectivity index (χ3n) is 4.30. The summed E-state index contributed by atoms with van der Waals surface area (Å²) in [7, 11) is 0. The van der Waals surface area contributed by atoms with Crippen molar-refractivity contribution in [2.24, 2.45) is 0 Å². The van der Waals surface area contributed by atoms with Gasteiger partial charge >= 0.3 is 0 Å². The van der Waals surface area contributed by atoms with Gasteiger partial charge in [0.1, 0.15) is 17.3 Å². The van der Waals surface area contributed by atoms with Crippen LogP contribution < -0.4 is 10.6 Å². The second kappa shape index (κ2) is 8.00. The van der Waals surface area contributed by atoms with E-state index < -0.39 is 23.2 Å². The molecule has 1 aliphatic carbocycles.